The summed E-state index contributed by atoms with van der Waals surface area (Å²) in [5.74, 6) is 0.263. The van der Waals surface area contributed by atoms with Crippen molar-refractivity contribution in [2.75, 3.05) is 19.1 Å². The van der Waals surface area contributed by atoms with E-state index in [2.05, 4.69) is 0 Å². The number of para-hydroxylation sites is 1. The molecular weight excluding hydrogens is 358 g/mol. The van der Waals surface area contributed by atoms with Crippen molar-refractivity contribution < 1.29 is 19.4 Å². The van der Waals surface area contributed by atoms with Crippen LogP contribution in [0.25, 0.3) is 6.08 Å². The number of phenols is 1. The van der Waals surface area contributed by atoms with Crippen LogP contribution in [0.5, 0.6) is 17.2 Å². The van der Waals surface area contributed by atoms with Crippen molar-refractivity contribution in [1.82, 2.24) is 0 Å². The van der Waals surface area contributed by atoms with E-state index in [4.69, 9.17) is 21.7 Å². The normalized spacial score (nSPS) is 15.8. The molecule has 7 heteroatoms. The summed E-state index contributed by atoms with van der Waals surface area (Å²) in [6, 6.07) is 12.5. The average Bonchev–Trinajstić information content (AvgIpc) is 2.90. The third kappa shape index (κ3) is 3.33. The van der Waals surface area contributed by atoms with Crippen LogP contribution in [0.3, 0.4) is 0 Å². The topological polar surface area (TPSA) is 59.0 Å². The third-order valence-corrected chi connectivity index (χ3v) is 4.91. The zero-order valence-electron chi connectivity index (χ0n) is 13.6. The molecule has 128 valence electrons. The number of amides is 1. The van der Waals surface area contributed by atoms with Gasteiger partial charge < -0.3 is 14.6 Å². The highest BCUT2D eigenvalue weighted by Gasteiger charge is 2.33. The van der Waals surface area contributed by atoms with Crippen LogP contribution in [0.4, 0.5) is 5.69 Å². The van der Waals surface area contributed by atoms with Crippen LogP contribution in [0.1, 0.15) is 5.56 Å². The first-order valence-corrected chi connectivity index (χ1v) is 8.55. The third-order valence-electron chi connectivity index (χ3n) is 3.61. The molecule has 0 atom stereocenters. The van der Waals surface area contributed by atoms with E-state index >= 15 is 0 Å². The highest BCUT2D eigenvalue weighted by Crippen LogP contribution is 2.40. The predicted molar refractivity (Wildman–Crippen MR) is 103 cm³/mol. The van der Waals surface area contributed by atoms with Crippen molar-refractivity contribution in [3.05, 3.63) is 52.9 Å². The molecule has 0 saturated carbocycles. The molecule has 0 spiro atoms. The number of thiocarbonyl (C=S) groups is 1. The molecule has 1 saturated heterocycles. The van der Waals surface area contributed by atoms with Crippen molar-refractivity contribution in [1.29, 1.82) is 0 Å². The fraction of sp³-hybridized carbons (Fsp3) is 0.111. The van der Waals surface area contributed by atoms with Crippen LogP contribution in [-0.2, 0) is 4.79 Å². The second-order valence-corrected chi connectivity index (χ2v) is 6.80. The Balaban J connectivity index is 1.98. The number of anilines is 1. The summed E-state index contributed by atoms with van der Waals surface area (Å²) < 4.78 is 10.8. The monoisotopic (exact) mass is 373 g/mol. The summed E-state index contributed by atoms with van der Waals surface area (Å²) in [5.41, 5.74) is 1.40. The fourth-order valence-electron chi connectivity index (χ4n) is 2.42. The number of methoxy groups -OCH3 is 2. The predicted octanol–water partition coefficient (Wildman–Crippen LogP) is 3.82. The van der Waals surface area contributed by atoms with Crippen LogP contribution in [0, 0.1) is 0 Å². The standard InChI is InChI=1S/C18H15NO4S2/c1-22-13-8-11(9-14(23-2)16(13)20)10-15-17(21)19(18(24)25-15)12-6-4-3-5-7-12/h3-10,20H,1-2H3. The summed E-state index contributed by atoms with van der Waals surface area (Å²) in [4.78, 5) is 14.7. The Hall–Kier alpha value is -2.51. The molecule has 25 heavy (non-hydrogen) atoms. The van der Waals surface area contributed by atoms with Gasteiger partial charge in [0, 0.05) is 0 Å². The van der Waals surface area contributed by atoms with Gasteiger partial charge in [0.15, 0.2) is 15.8 Å². The van der Waals surface area contributed by atoms with Gasteiger partial charge in [0.2, 0.25) is 5.75 Å². The lowest BCUT2D eigenvalue weighted by atomic mass is 10.1. The highest BCUT2D eigenvalue weighted by molar-refractivity contribution is 8.27. The largest absolute Gasteiger partial charge is 0.502 e. The van der Waals surface area contributed by atoms with E-state index in [1.807, 2.05) is 30.3 Å². The van der Waals surface area contributed by atoms with E-state index in [0.717, 1.165) is 5.69 Å². The molecular formula is C18H15NO4S2. The molecule has 0 radical (unpaired) electrons. The zero-order valence-corrected chi connectivity index (χ0v) is 15.2. The smallest absolute Gasteiger partial charge is 0.270 e. The first kappa shape index (κ1) is 17.3. The molecule has 1 aliphatic rings. The van der Waals surface area contributed by atoms with E-state index < -0.39 is 0 Å². The molecule has 1 amide bonds. The molecule has 0 aromatic heterocycles. The molecule has 2 aromatic rings. The Morgan fingerprint density at radius 3 is 2.28 bits per heavy atom. The van der Waals surface area contributed by atoms with Crippen molar-refractivity contribution in [3.63, 3.8) is 0 Å². The Labute approximate surface area is 154 Å². The minimum atomic E-state index is -0.188. The lowest BCUT2D eigenvalue weighted by Crippen LogP contribution is -2.27. The molecule has 0 bridgehead atoms. The quantitative estimate of drug-likeness (QED) is 0.650. The minimum Gasteiger partial charge on any atom is -0.502 e. The van der Waals surface area contributed by atoms with Crippen LogP contribution in [0.15, 0.2) is 47.4 Å². The van der Waals surface area contributed by atoms with Gasteiger partial charge in [-0.25, -0.2) is 0 Å². The number of rotatable bonds is 4. The number of nitrogens with zero attached hydrogens (tertiary/aromatic N) is 1. The number of carbonyl (C=O) groups excluding carboxylic acids is 1. The molecule has 3 rings (SSSR count). The van der Waals surface area contributed by atoms with Gasteiger partial charge in [-0.1, -0.05) is 42.2 Å². The first-order chi connectivity index (χ1) is 12.0. The zero-order chi connectivity index (χ0) is 18.0. The van der Waals surface area contributed by atoms with Gasteiger partial charge in [0.05, 0.1) is 24.8 Å². The van der Waals surface area contributed by atoms with Crippen LogP contribution in [0.2, 0.25) is 0 Å². The van der Waals surface area contributed by atoms with E-state index in [1.54, 1.807) is 18.2 Å². The molecule has 5 nitrogen and oxygen atoms in total. The van der Waals surface area contributed by atoms with E-state index in [9.17, 15) is 9.90 Å². The van der Waals surface area contributed by atoms with Crippen molar-refractivity contribution >= 4 is 46.0 Å². The van der Waals surface area contributed by atoms with Crippen LogP contribution >= 0.6 is 24.0 Å². The van der Waals surface area contributed by atoms with Crippen molar-refractivity contribution in [3.8, 4) is 17.2 Å². The number of benzene rings is 2. The molecule has 1 heterocycles. The van der Waals surface area contributed by atoms with Gasteiger partial charge in [-0.15, -0.1) is 0 Å². The maximum atomic E-state index is 12.7. The lowest BCUT2D eigenvalue weighted by Gasteiger charge is -2.13. The lowest BCUT2D eigenvalue weighted by molar-refractivity contribution is -0.113. The number of ether oxygens (including phenoxy) is 2. The number of aromatic hydroxyl groups is 1. The summed E-state index contributed by atoms with van der Waals surface area (Å²) in [7, 11) is 2.90. The van der Waals surface area contributed by atoms with E-state index in [0.29, 0.717) is 14.8 Å². The highest BCUT2D eigenvalue weighted by atomic mass is 32.2. The van der Waals surface area contributed by atoms with Crippen LogP contribution < -0.4 is 14.4 Å². The number of hydrogen-bond donors (Lipinski definition) is 1. The van der Waals surface area contributed by atoms with Crippen molar-refractivity contribution in [2.45, 2.75) is 0 Å². The fourth-order valence-corrected chi connectivity index (χ4v) is 3.71. The molecule has 1 aliphatic heterocycles. The number of hydrogen-bond acceptors (Lipinski definition) is 6. The Morgan fingerprint density at radius 1 is 1.12 bits per heavy atom. The number of thioether (sulfide) groups is 1. The van der Waals surface area contributed by atoms with E-state index in [1.165, 1.54) is 30.9 Å². The second-order valence-electron chi connectivity index (χ2n) is 5.13. The average molecular weight is 373 g/mol. The molecule has 0 aliphatic carbocycles. The summed E-state index contributed by atoms with van der Waals surface area (Å²) in [6.07, 6.45) is 1.70. The van der Waals surface area contributed by atoms with Crippen molar-refractivity contribution in [2.24, 2.45) is 0 Å². The van der Waals surface area contributed by atoms with Gasteiger partial charge in [-0.2, -0.15) is 0 Å². The summed E-state index contributed by atoms with van der Waals surface area (Å²) in [5, 5.41) is 9.99. The summed E-state index contributed by atoms with van der Waals surface area (Å²) >= 11 is 6.58. The SMILES string of the molecule is COc1cc(C=C2SC(=S)N(c3ccccc3)C2=O)cc(OC)c1O. The number of phenolic OH excluding ortho intramolecular Hbond substituents is 1. The van der Waals surface area contributed by atoms with Gasteiger partial charge in [-0.3, -0.25) is 9.69 Å². The maximum absolute atomic E-state index is 12.7. The van der Waals surface area contributed by atoms with E-state index in [-0.39, 0.29) is 23.2 Å². The molecule has 1 N–H and O–H groups in total. The molecule has 0 unspecified atom stereocenters. The van der Waals surface area contributed by atoms with Gasteiger partial charge in [0.25, 0.3) is 5.91 Å². The van der Waals surface area contributed by atoms with Gasteiger partial charge in [0.1, 0.15) is 0 Å². The van der Waals surface area contributed by atoms with Gasteiger partial charge in [-0.05, 0) is 35.9 Å². The summed E-state index contributed by atoms with van der Waals surface area (Å²) in [6.45, 7) is 0. The first-order valence-electron chi connectivity index (χ1n) is 7.33. The van der Waals surface area contributed by atoms with Gasteiger partial charge >= 0.3 is 0 Å². The Bertz CT molecular complexity index is 840. The number of carbonyl (C=O) groups is 1. The Morgan fingerprint density at radius 2 is 1.72 bits per heavy atom. The maximum Gasteiger partial charge on any atom is 0.270 e. The molecule has 1 fully saturated rings. The Kier molecular flexibility index (Phi) is 4.96. The second kappa shape index (κ2) is 7.16. The minimum absolute atomic E-state index is 0.0843. The molecule has 2 aromatic carbocycles. The van der Waals surface area contributed by atoms with Crippen LogP contribution in [-0.4, -0.2) is 29.6 Å².